The fraction of sp³-hybridized carbons (Fsp3) is 0.600. The van der Waals surface area contributed by atoms with Gasteiger partial charge in [0.15, 0.2) is 0 Å². The molecule has 102 valence electrons. The molecule has 1 rings (SSSR count). The van der Waals surface area contributed by atoms with Crippen LogP contribution in [0.5, 0.6) is 0 Å². The second-order valence-electron chi connectivity index (χ2n) is 4.47. The maximum atomic E-state index is 5.06. The third kappa shape index (κ3) is 5.89. The summed E-state index contributed by atoms with van der Waals surface area (Å²) >= 11 is 1.92. The Morgan fingerprint density at radius 3 is 2.83 bits per heavy atom. The van der Waals surface area contributed by atoms with E-state index in [0.29, 0.717) is 0 Å². The monoisotopic (exact) mass is 267 g/mol. The number of hydrogen-bond donors (Lipinski definition) is 1. The van der Waals surface area contributed by atoms with Gasteiger partial charge in [-0.15, -0.1) is 11.8 Å². The molecule has 2 nitrogen and oxygen atoms in total. The first-order valence-corrected chi connectivity index (χ1v) is 7.68. The Morgan fingerprint density at radius 2 is 2.17 bits per heavy atom. The van der Waals surface area contributed by atoms with Crippen LogP contribution in [0.25, 0.3) is 0 Å². The number of hydrogen-bond acceptors (Lipinski definition) is 3. The van der Waals surface area contributed by atoms with Gasteiger partial charge in [0, 0.05) is 30.9 Å². The van der Waals surface area contributed by atoms with E-state index in [1.165, 1.54) is 22.4 Å². The van der Waals surface area contributed by atoms with Gasteiger partial charge in [-0.2, -0.15) is 0 Å². The van der Waals surface area contributed by atoms with Gasteiger partial charge in [0.1, 0.15) is 0 Å². The van der Waals surface area contributed by atoms with Gasteiger partial charge < -0.3 is 10.1 Å². The van der Waals surface area contributed by atoms with E-state index in [1.807, 2.05) is 11.8 Å². The predicted octanol–water partition coefficient (Wildman–Crippen LogP) is 3.62. The zero-order valence-electron chi connectivity index (χ0n) is 11.8. The van der Waals surface area contributed by atoms with Gasteiger partial charge in [0.25, 0.3) is 0 Å². The van der Waals surface area contributed by atoms with E-state index in [1.54, 1.807) is 7.11 Å². The Morgan fingerprint density at radius 1 is 1.33 bits per heavy atom. The summed E-state index contributed by atoms with van der Waals surface area (Å²) < 4.78 is 5.06. The van der Waals surface area contributed by atoms with Crippen molar-refractivity contribution >= 4 is 11.8 Å². The Balaban J connectivity index is 2.41. The standard InChI is InChI=1S/C15H25NOS/c1-4-8-16-12-14-6-7-15(13(2)11-14)18-10-5-9-17-3/h6-7,11,16H,4-5,8-10,12H2,1-3H3. The minimum atomic E-state index is 0.852. The van der Waals surface area contributed by atoms with Crippen molar-refractivity contribution < 1.29 is 4.74 Å². The zero-order valence-corrected chi connectivity index (χ0v) is 12.6. The van der Waals surface area contributed by atoms with E-state index >= 15 is 0 Å². The van der Waals surface area contributed by atoms with E-state index in [2.05, 4.69) is 37.4 Å². The summed E-state index contributed by atoms with van der Waals surface area (Å²) in [5, 5.41) is 3.43. The van der Waals surface area contributed by atoms with Gasteiger partial charge in [-0.3, -0.25) is 0 Å². The van der Waals surface area contributed by atoms with Gasteiger partial charge in [0.2, 0.25) is 0 Å². The van der Waals surface area contributed by atoms with Crippen molar-refractivity contribution in [2.45, 2.75) is 38.1 Å². The lowest BCUT2D eigenvalue weighted by molar-refractivity contribution is 0.200. The van der Waals surface area contributed by atoms with Crippen LogP contribution in [0.4, 0.5) is 0 Å². The van der Waals surface area contributed by atoms with Crippen LogP contribution >= 0.6 is 11.8 Å². The highest BCUT2D eigenvalue weighted by Gasteiger charge is 2.01. The minimum absolute atomic E-state index is 0.852. The van der Waals surface area contributed by atoms with Gasteiger partial charge in [-0.05, 0) is 43.5 Å². The number of benzene rings is 1. The topological polar surface area (TPSA) is 21.3 Å². The summed E-state index contributed by atoms with van der Waals surface area (Å²) in [5.74, 6) is 1.13. The lowest BCUT2D eigenvalue weighted by Gasteiger charge is -2.09. The number of methoxy groups -OCH3 is 1. The molecule has 0 aliphatic rings. The summed E-state index contributed by atoms with van der Waals surface area (Å²) in [4.78, 5) is 1.39. The molecule has 0 aromatic heterocycles. The SMILES string of the molecule is CCCNCc1ccc(SCCCOC)c(C)c1. The van der Waals surface area contributed by atoms with Crippen molar-refractivity contribution in [3.8, 4) is 0 Å². The fourth-order valence-corrected chi connectivity index (χ4v) is 2.71. The first-order chi connectivity index (χ1) is 8.77. The van der Waals surface area contributed by atoms with Crippen molar-refractivity contribution in [3.63, 3.8) is 0 Å². The van der Waals surface area contributed by atoms with Crippen LogP contribution in [-0.2, 0) is 11.3 Å². The van der Waals surface area contributed by atoms with Gasteiger partial charge in [-0.1, -0.05) is 19.1 Å². The first kappa shape index (κ1) is 15.5. The number of rotatable bonds is 9. The van der Waals surface area contributed by atoms with Crippen LogP contribution in [0.3, 0.4) is 0 Å². The smallest absolute Gasteiger partial charge is 0.0470 e. The Labute approximate surface area is 116 Å². The molecule has 0 aliphatic heterocycles. The van der Waals surface area contributed by atoms with Crippen molar-refractivity contribution in [1.29, 1.82) is 0 Å². The molecular formula is C15H25NOS. The summed E-state index contributed by atoms with van der Waals surface area (Å²) in [7, 11) is 1.76. The van der Waals surface area contributed by atoms with Crippen LogP contribution in [0.1, 0.15) is 30.9 Å². The molecule has 0 unspecified atom stereocenters. The molecule has 0 atom stereocenters. The maximum Gasteiger partial charge on any atom is 0.0470 e. The molecule has 0 amide bonds. The second-order valence-corrected chi connectivity index (χ2v) is 5.61. The first-order valence-electron chi connectivity index (χ1n) is 6.70. The minimum Gasteiger partial charge on any atom is -0.385 e. The van der Waals surface area contributed by atoms with E-state index < -0.39 is 0 Å². The third-order valence-electron chi connectivity index (χ3n) is 2.75. The Bertz CT molecular complexity index is 341. The summed E-state index contributed by atoms with van der Waals surface area (Å²) in [6.07, 6.45) is 2.30. The molecule has 3 heteroatoms. The van der Waals surface area contributed by atoms with Crippen molar-refractivity contribution in [2.24, 2.45) is 0 Å². The molecule has 1 aromatic carbocycles. The average Bonchev–Trinajstić information content (AvgIpc) is 2.37. The predicted molar refractivity (Wildman–Crippen MR) is 80.4 cm³/mol. The normalized spacial score (nSPS) is 10.8. The van der Waals surface area contributed by atoms with Gasteiger partial charge in [-0.25, -0.2) is 0 Å². The van der Waals surface area contributed by atoms with Crippen LogP contribution in [0.2, 0.25) is 0 Å². The number of nitrogens with one attached hydrogen (secondary N) is 1. The second kappa shape index (κ2) is 9.42. The largest absolute Gasteiger partial charge is 0.385 e. The van der Waals surface area contributed by atoms with Gasteiger partial charge >= 0.3 is 0 Å². The highest BCUT2D eigenvalue weighted by molar-refractivity contribution is 7.99. The Kier molecular flexibility index (Phi) is 8.14. The highest BCUT2D eigenvalue weighted by atomic mass is 32.2. The fourth-order valence-electron chi connectivity index (χ4n) is 1.78. The molecule has 0 bridgehead atoms. The number of aryl methyl sites for hydroxylation is 1. The Hall–Kier alpha value is -0.510. The van der Waals surface area contributed by atoms with Crippen LogP contribution in [0.15, 0.2) is 23.1 Å². The number of ether oxygens (including phenoxy) is 1. The molecule has 1 aromatic rings. The highest BCUT2D eigenvalue weighted by Crippen LogP contribution is 2.23. The quantitative estimate of drug-likeness (QED) is 0.545. The molecule has 18 heavy (non-hydrogen) atoms. The van der Waals surface area contributed by atoms with Crippen molar-refractivity contribution in [2.75, 3.05) is 26.0 Å². The molecule has 0 aliphatic carbocycles. The van der Waals surface area contributed by atoms with Crippen LogP contribution in [0, 0.1) is 6.92 Å². The van der Waals surface area contributed by atoms with Crippen molar-refractivity contribution in [1.82, 2.24) is 5.32 Å². The molecule has 0 spiro atoms. The number of thioether (sulfide) groups is 1. The lowest BCUT2D eigenvalue weighted by Crippen LogP contribution is -2.13. The lowest BCUT2D eigenvalue weighted by atomic mass is 10.1. The van der Waals surface area contributed by atoms with E-state index in [-0.39, 0.29) is 0 Å². The summed E-state index contributed by atoms with van der Waals surface area (Å²) in [6.45, 7) is 7.31. The molecule has 0 saturated heterocycles. The van der Waals surface area contributed by atoms with E-state index in [0.717, 1.165) is 31.9 Å². The van der Waals surface area contributed by atoms with Crippen LogP contribution in [-0.4, -0.2) is 26.0 Å². The molecule has 0 radical (unpaired) electrons. The van der Waals surface area contributed by atoms with Gasteiger partial charge in [0.05, 0.1) is 0 Å². The summed E-state index contributed by atoms with van der Waals surface area (Å²) in [5.41, 5.74) is 2.76. The molecular weight excluding hydrogens is 242 g/mol. The third-order valence-corrected chi connectivity index (χ3v) is 4.01. The molecule has 0 fully saturated rings. The average molecular weight is 267 g/mol. The maximum absolute atomic E-state index is 5.06. The van der Waals surface area contributed by atoms with Crippen LogP contribution < -0.4 is 5.32 Å². The summed E-state index contributed by atoms with van der Waals surface area (Å²) in [6, 6.07) is 6.77. The molecule has 1 N–H and O–H groups in total. The molecule has 0 saturated carbocycles. The zero-order chi connectivity index (χ0) is 13.2. The van der Waals surface area contributed by atoms with Crippen molar-refractivity contribution in [3.05, 3.63) is 29.3 Å². The van der Waals surface area contributed by atoms with E-state index in [9.17, 15) is 0 Å². The molecule has 0 heterocycles. The van der Waals surface area contributed by atoms with E-state index in [4.69, 9.17) is 4.74 Å².